The van der Waals surface area contributed by atoms with Gasteiger partial charge < -0.3 is 5.32 Å². The Bertz CT molecular complexity index is 552. The van der Waals surface area contributed by atoms with Crippen molar-refractivity contribution in [2.24, 2.45) is 0 Å². The van der Waals surface area contributed by atoms with Crippen LogP contribution in [0.15, 0.2) is 4.90 Å². The number of nitrogens with one attached hydrogen (secondary N) is 3. The van der Waals surface area contributed by atoms with Gasteiger partial charge in [-0.15, -0.1) is 0 Å². The SMILES string of the molecule is CSCC(C)NS(=O)(=O)c1c(CNC2CC2)n[nH]c1C. The minimum atomic E-state index is -3.52. The van der Waals surface area contributed by atoms with Crippen LogP contribution in [0.25, 0.3) is 0 Å². The highest BCUT2D eigenvalue weighted by molar-refractivity contribution is 7.98. The van der Waals surface area contributed by atoms with Crippen LogP contribution in [0.4, 0.5) is 0 Å². The predicted molar refractivity (Wildman–Crippen MR) is 81.4 cm³/mol. The molecule has 1 heterocycles. The Morgan fingerprint density at radius 3 is 2.80 bits per heavy atom. The van der Waals surface area contributed by atoms with Crippen molar-refractivity contribution in [1.82, 2.24) is 20.2 Å². The molecular weight excluding hydrogens is 296 g/mol. The maximum Gasteiger partial charge on any atom is 0.244 e. The molecule has 0 spiro atoms. The van der Waals surface area contributed by atoms with Crippen LogP contribution in [0.3, 0.4) is 0 Å². The average molecular weight is 318 g/mol. The number of aromatic amines is 1. The first kappa shape index (κ1) is 15.8. The Hall–Kier alpha value is -0.570. The van der Waals surface area contributed by atoms with E-state index in [9.17, 15) is 8.42 Å². The van der Waals surface area contributed by atoms with Gasteiger partial charge in [0.2, 0.25) is 10.0 Å². The molecule has 20 heavy (non-hydrogen) atoms. The fourth-order valence-electron chi connectivity index (χ4n) is 2.08. The van der Waals surface area contributed by atoms with Crippen LogP contribution in [-0.2, 0) is 16.6 Å². The van der Waals surface area contributed by atoms with Crippen molar-refractivity contribution in [2.75, 3.05) is 12.0 Å². The van der Waals surface area contributed by atoms with E-state index in [2.05, 4.69) is 20.2 Å². The number of H-pyrrole nitrogens is 1. The van der Waals surface area contributed by atoms with Crippen LogP contribution in [-0.4, -0.2) is 42.7 Å². The molecule has 1 aliphatic carbocycles. The summed E-state index contributed by atoms with van der Waals surface area (Å²) in [6, 6.07) is 0.416. The molecule has 3 N–H and O–H groups in total. The molecule has 0 radical (unpaired) electrons. The lowest BCUT2D eigenvalue weighted by Crippen LogP contribution is -2.35. The van der Waals surface area contributed by atoms with E-state index in [1.54, 1.807) is 18.7 Å². The summed E-state index contributed by atoms with van der Waals surface area (Å²) in [6.07, 6.45) is 4.28. The van der Waals surface area contributed by atoms with Crippen molar-refractivity contribution in [2.45, 2.75) is 50.2 Å². The molecule has 1 atom stereocenters. The molecule has 0 aliphatic heterocycles. The maximum atomic E-state index is 12.5. The zero-order chi connectivity index (χ0) is 14.8. The second-order valence-electron chi connectivity index (χ2n) is 5.26. The van der Waals surface area contributed by atoms with Crippen molar-refractivity contribution in [3.63, 3.8) is 0 Å². The molecule has 0 bridgehead atoms. The number of thioether (sulfide) groups is 1. The highest BCUT2D eigenvalue weighted by atomic mass is 32.2. The van der Waals surface area contributed by atoms with Crippen LogP contribution in [0.1, 0.15) is 31.2 Å². The molecule has 1 fully saturated rings. The number of hydrogen-bond acceptors (Lipinski definition) is 5. The predicted octanol–water partition coefficient (Wildman–Crippen LogP) is 1.000. The zero-order valence-electron chi connectivity index (χ0n) is 12.1. The lowest BCUT2D eigenvalue weighted by molar-refractivity contribution is 0.567. The smallest absolute Gasteiger partial charge is 0.244 e. The Labute approximate surface area is 124 Å². The molecule has 6 nitrogen and oxygen atoms in total. The van der Waals surface area contributed by atoms with Gasteiger partial charge in [-0.1, -0.05) is 0 Å². The normalized spacial score (nSPS) is 17.4. The van der Waals surface area contributed by atoms with E-state index in [0.29, 0.717) is 28.9 Å². The van der Waals surface area contributed by atoms with Gasteiger partial charge in [0.15, 0.2) is 0 Å². The molecule has 1 aliphatic rings. The van der Waals surface area contributed by atoms with E-state index >= 15 is 0 Å². The Morgan fingerprint density at radius 1 is 1.50 bits per heavy atom. The first-order valence-electron chi connectivity index (χ1n) is 6.72. The fourth-order valence-corrected chi connectivity index (χ4v) is 4.38. The Balaban J connectivity index is 2.14. The first-order valence-corrected chi connectivity index (χ1v) is 9.60. The van der Waals surface area contributed by atoms with Gasteiger partial charge in [-0.2, -0.15) is 16.9 Å². The zero-order valence-corrected chi connectivity index (χ0v) is 13.7. The minimum absolute atomic E-state index is 0.103. The van der Waals surface area contributed by atoms with Gasteiger partial charge in [0.25, 0.3) is 0 Å². The average Bonchev–Trinajstić information content (AvgIpc) is 3.09. The van der Waals surface area contributed by atoms with Gasteiger partial charge in [0.05, 0.1) is 11.4 Å². The minimum Gasteiger partial charge on any atom is -0.308 e. The number of rotatable bonds is 8. The molecule has 1 aromatic heterocycles. The standard InChI is InChI=1S/C12H22N4O2S2/c1-8(7-19-3)16-20(17,18)12-9(2)14-15-11(12)6-13-10-4-5-10/h8,10,13,16H,4-7H2,1-3H3,(H,14,15). The van der Waals surface area contributed by atoms with Crippen LogP contribution in [0.5, 0.6) is 0 Å². The number of aryl methyl sites for hydroxylation is 1. The lowest BCUT2D eigenvalue weighted by Gasteiger charge is -2.13. The highest BCUT2D eigenvalue weighted by Crippen LogP contribution is 2.22. The Morgan fingerprint density at radius 2 is 2.20 bits per heavy atom. The first-order chi connectivity index (χ1) is 9.44. The summed E-state index contributed by atoms with van der Waals surface area (Å²) >= 11 is 1.62. The van der Waals surface area contributed by atoms with E-state index in [1.165, 1.54) is 0 Å². The molecule has 114 valence electrons. The summed E-state index contributed by atoms with van der Waals surface area (Å²) in [5.74, 6) is 0.742. The maximum absolute atomic E-state index is 12.5. The third kappa shape index (κ3) is 3.97. The molecule has 0 aromatic carbocycles. The third-order valence-electron chi connectivity index (χ3n) is 3.14. The monoisotopic (exact) mass is 318 g/mol. The molecule has 1 saturated carbocycles. The molecule has 8 heteroatoms. The van der Waals surface area contributed by atoms with Gasteiger partial charge in [-0.05, 0) is 32.9 Å². The van der Waals surface area contributed by atoms with Gasteiger partial charge in [0, 0.05) is 24.4 Å². The molecule has 1 aromatic rings. The summed E-state index contributed by atoms with van der Waals surface area (Å²) in [5.41, 5.74) is 1.15. The molecular formula is C12H22N4O2S2. The highest BCUT2D eigenvalue weighted by Gasteiger charge is 2.27. The van der Waals surface area contributed by atoms with Crippen LogP contribution >= 0.6 is 11.8 Å². The lowest BCUT2D eigenvalue weighted by atomic mass is 10.3. The number of sulfonamides is 1. The van der Waals surface area contributed by atoms with Crippen molar-refractivity contribution in [3.8, 4) is 0 Å². The number of hydrogen-bond donors (Lipinski definition) is 3. The van der Waals surface area contributed by atoms with Crippen molar-refractivity contribution >= 4 is 21.8 Å². The van der Waals surface area contributed by atoms with Crippen molar-refractivity contribution < 1.29 is 8.42 Å². The summed E-state index contributed by atoms with van der Waals surface area (Å²) < 4.78 is 27.7. The summed E-state index contributed by atoms with van der Waals surface area (Å²) in [5, 5.41) is 10.2. The Kier molecular flexibility index (Phi) is 5.11. The van der Waals surface area contributed by atoms with Crippen LogP contribution in [0.2, 0.25) is 0 Å². The van der Waals surface area contributed by atoms with Gasteiger partial charge in [-0.25, -0.2) is 13.1 Å². The van der Waals surface area contributed by atoms with E-state index in [4.69, 9.17) is 0 Å². The van der Waals surface area contributed by atoms with Crippen LogP contribution in [0, 0.1) is 6.92 Å². The number of aromatic nitrogens is 2. The quantitative estimate of drug-likeness (QED) is 0.666. The molecule has 2 rings (SSSR count). The van der Waals surface area contributed by atoms with E-state index < -0.39 is 10.0 Å². The second kappa shape index (κ2) is 6.46. The summed E-state index contributed by atoms with van der Waals surface area (Å²) in [6.45, 7) is 4.09. The fraction of sp³-hybridized carbons (Fsp3) is 0.750. The molecule has 1 unspecified atom stereocenters. The van der Waals surface area contributed by atoms with Crippen LogP contribution < -0.4 is 10.0 Å². The summed E-state index contributed by atoms with van der Waals surface area (Å²) in [7, 11) is -3.52. The largest absolute Gasteiger partial charge is 0.308 e. The molecule has 0 amide bonds. The third-order valence-corrected chi connectivity index (χ3v) is 5.76. The van der Waals surface area contributed by atoms with E-state index in [-0.39, 0.29) is 6.04 Å². The van der Waals surface area contributed by atoms with Gasteiger partial charge >= 0.3 is 0 Å². The van der Waals surface area contributed by atoms with Gasteiger partial charge in [-0.3, -0.25) is 5.10 Å². The number of nitrogens with zero attached hydrogens (tertiary/aromatic N) is 1. The van der Waals surface area contributed by atoms with Crippen molar-refractivity contribution in [1.29, 1.82) is 0 Å². The second-order valence-corrected chi connectivity index (χ2v) is 7.82. The van der Waals surface area contributed by atoms with Gasteiger partial charge in [0.1, 0.15) is 4.90 Å². The summed E-state index contributed by atoms with van der Waals surface area (Å²) in [4.78, 5) is 0.290. The van der Waals surface area contributed by atoms with E-state index in [1.807, 2.05) is 13.2 Å². The topological polar surface area (TPSA) is 86.9 Å². The van der Waals surface area contributed by atoms with E-state index in [0.717, 1.165) is 18.6 Å². The van der Waals surface area contributed by atoms with Crippen molar-refractivity contribution in [3.05, 3.63) is 11.4 Å². The molecule has 0 saturated heterocycles.